The summed E-state index contributed by atoms with van der Waals surface area (Å²) < 4.78 is 5.47. The van der Waals surface area contributed by atoms with Crippen LogP contribution in [0.3, 0.4) is 0 Å². The molecule has 0 bridgehead atoms. The quantitative estimate of drug-likeness (QED) is 0.850. The zero-order valence-electron chi connectivity index (χ0n) is 10.7. The van der Waals surface area contributed by atoms with Crippen molar-refractivity contribution in [2.45, 2.75) is 0 Å². The molecule has 1 N–H and O–H groups in total. The van der Waals surface area contributed by atoms with E-state index in [0.29, 0.717) is 4.32 Å². The van der Waals surface area contributed by atoms with Crippen LogP contribution in [0.1, 0.15) is 5.56 Å². The third-order valence-electron chi connectivity index (χ3n) is 2.71. The van der Waals surface area contributed by atoms with Gasteiger partial charge in [-0.1, -0.05) is 24.4 Å². The fourth-order valence-corrected chi connectivity index (χ4v) is 3.89. The van der Waals surface area contributed by atoms with E-state index in [-0.39, 0.29) is 18.2 Å². The van der Waals surface area contributed by atoms with Crippen LogP contribution >= 0.6 is 22.7 Å². The molecule has 0 aromatic heterocycles. The largest absolute Gasteiger partial charge is 0.497 e. The summed E-state index contributed by atoms with van der Waals surface area (Å²) in [4.78, 5) is 23.6. The molecule has 1 heterocycles. The second-order valence-corrected chi connectivity index (χ2v) is 6.52. The van der Waals surface area contributed by atoms with Gasteiger partial charge >= 0.3 is 5.97 Å². The zero-order valence-corrected chi connectivity index (χ0v) is 12.4. The van der Waals surface area contributed by atoms with Gasteiger partial charge in [0.1, 0.15) is 16.6 Å². The Kier molecular flexibility index (Phi) is 4.51. The number of amides is 1. The lowest BCUT2D eigenvalue weighted by Crippen LogP contribution is -2.33. The Labute approximate surface area is 124 Å². The first-order valence-electron chi connectivity index (χ1n) is 5.76. The minimum Gasteiger partial charge on any atom is -0.497 e. The number of rotatable bonds is 4. The van der Waals surface area contributed by atoms with Gasteiger partial charge < -0.3 is 9.84 Å². The number of carbonyl (C=O) groups excluding carboxylic acids is 1. The Morgan fingerprint density at radius 1 is 1.50 bits per heavy atom. The van der Waals surface area contributed by atoms with E-state index in [1.807, 2.05) is 29.6 Å². The topological polar surface area (TPSA) is 66.8 Å². The zero-order chi connectivity index (χ0) is 14.7. The number of hydrogen-bond acceptors (Lipinski definition) is 4. The molecule has 1 aliphatic heterocycles. The molecule has 0 aliphatic carbocycles. The molecule has 2 rings (SSSR count). The fourth-order valence-electron chi connectivity index (χ4n) is 1.74. The lowest BCUT2D eigenvalue weighted by atomic mass is 10.2. The lowest BCUT2D eigenvalue weighted by Gasteiger charge is -2.11. The van der Waals surface area contributed by atoms with Crippen molar-refractivity contribution in [2.75, 3.05) is 19.4 Å². The predicted octanol–water partition coefficient (Wildman–Crippen LogP) is 1.33. The van der Waals surface area contributed by atoms with E-state index in [9.17, 15) is 9.59 Å². The summed E-state index contributed by atoms with van der Waals surface area (Å²) in [7, 11) is 1.06. The molecule has 20 heavy (non-hydrogen) atoms. The summed E-state index contributed by atoms with van der Waals surface area (Å²) >= 11 is 5.20. The van der Waals surface area contributed by atoms with Crippen LogP contribution in [0.4, 0.5) is 0 Å². The SMILES string of the molecule is COc1ccc(/C=S2\CC(=O)N(CC(=O)O)C2=S)cc1. The highest BCUT2D eigenvalue weighted by Crippen LogP contribution is 2.27. The summed E-state index contributed by atoms with van der Waals surface area (Å²) in [5.74, 6) is -0.290. The highest BCUT2D eigenvalue weighted by molar-refractivity contribution is 8.35. The van der Waals surface area contributed by atoms with Crippen LogP contribution in [0.15, 0.2) is 24.3 Å². The number of methoxy groups -OCH3 is 1. The molecule has 5 nitrogen and oxygen atoms in total. The molecule has 1 aromatic rings. The van der Waals surface area contributed by atoms with E-state index in [0.717, 1.165) is 11.3 Å². The van der Waals surface area contributed by atoms with Gasteiger partial charge in [0.05, 0.1) is 12.9 Å². The van der Waals surface area contributed by atoms with E-state index < -0.39 is 16.5 Å². The van der Waals surface area contributed by atoms with E-state index in [1.165, 1.54) is 4.90 Å². The summed E-state index contributed by atoms with van der Waals surface area (Å²) in [6, 6.07) is 7.40. The Hall–Kier alpha value is -1.73. The van der Waals surface area contributed by atoms with Crippen LogP contribution in [-0.4, -0.2) is 51.0 Å². The van der Waals surface area contributed by atoms with E-state index in [1.54, 1.807) is 7.11 Å². The number of hydrogen-bond donors (Lipinski definition) is 1. The normalized spacial score (nSPS) is 18.6. The van der Waals surface area contributed by atoms with Gasteiger partial charge in [-0.15, -0.1) is 10.5 Å². The number of carboxylic acids is 1. The number of aliphatic carboxylic acids is 1. The minimum absolute atomic E-state index is 0.231. The van der Waals surface area contributed by atoms with Gasteiger partial charge in [-0.05, 0) is 23.1 Å². The van der Waals surface area contributed by atoms with Gasteiger partial charge in [-0.2, -0.15) is 0 Å². The van der Waals surface area contributed by atoms with Crippen LogP contribution in [-0.2, 0) is 9.59 Å². The number of carboxylic acid groups (broad SMARTS) is 1. The van der Waals surface area contributed by atoms with Crippen molar-refractivity contribution < 1.29 is 19.4 Å². The van der Waals surface area contributed by atoms with Gasteiger partial charge in [0.15, 0.2) is 0 Å². The predicted molar refractivity (Wildman–Crippen MR) is 82.6 cm³/mol. The summed E-state index contributed by atoms with van der Waals surface area (Å²) in [6.07, 6.45) is 0. The molecular weight excluding hydrogens is 298 g/mol. The standard InChI is InChI=1S/C13H13NO4S2/c1-18-10-4-2-9(3-5-10)7-20-8-11(15)14(13(20)19)6-12(16)17/h2-5,7H,6,8H2,1H3,(H,16,17). The average Bonchev–Trinajstić information content (AvgIpc) is 2.67. The Morgan fingerprint density at radius 2 is 2.15 bits per heavy atom. The molecule has 1 aromatic carbocycles. The van der Waals surface area contributed by atoms with Gasteiger partial charge in [0, 0.05) is 0 Å². The molecule has 106 valence electrons. The number of ether oxygens (including phenoxy) is 1. The average molecular weight is 311 g/mol. The maximum absolute atomic E-state index is 11.8. The van der Waals surface area contributed by atoms with Crippen LogP contribution in [0.5, 0.6) is 5.75 Å². The van der Waals surface area contributed by atoms with Crippen molar-refractivity contribution in [3.63, 3.8) is 0 Å². The number of thiocarbonyl (C=S) groups is 1. The van der Waals surface area contributed by atoms with Crippen LogP contribution in [0.2, 0.25) is 0 Å². The number of carbonyl (C=O) groups is 2. The molecule has 0 spiro atoms. The van der Waals surface area contributed by atoms with Gasteiger partial charge in [0.25, 0.3) is 0 Å². The molecule has 1 fully saturated rings. The first-order chi connectivity index (χ1) is 9.51. The Morgan fingerprint density at radius 3 is 2.70 bits per heavy atom. The molecule has 7 heteroatoms. The van der Waals surface area contributed by atoms with Crippen molar-refractivity contribution in [2.24, 2.45) is 0 Å². The van der Waals surface area contributed by atoms with Gasteiger partial charge in [-0.25, -0.2) is 0 Å². The molecule has 0 radical (unpaired) electrons. The monoisotopic (exact) mass is 311 g/mol. The lowest BCUT2D eigenvalue weighted by molar-refractivity contribution is -0.140. The van der Waals surface area contributed by atoms with Gasteiger partial charge in [0.2, 0.25) is 5.91 Å². The third-order valence-corrected chi connectivity index (χ3v) is 5.36. The van der Waals surface area contributed by atoms with Crippen LogP contribution in [0.25, 0.3) is 0 Å². The third kappa shape index (κ3) is 3.23. The van der Waals surface area contributed by atoms with Crippen molar-refractivity contribution in [3.05, 3.63) is 29.8 Å². The molecule has 1 aliphatic rings. The molecule has 1 amide bonds. The Bertz CT molecular complexity index is 595. The molecular formula is C13H13NO4S2. The van der Waals surface area contributed by atoms with E-state index in [2.05, 4.69) is 0 Å². The second kappa shape index (κ2) is 6.15. The first-order valence-corrected chi connectivity index (χ1v) is 7.62. The highest BCUT2D eigenvalue weighted by Gasteiger charge is 2.30. The summed E-state index contributed by atoms with van der Waals surface area (Å²) in [6.45, 7) is -0.363. The van der Waals surface area contributed by atoms with Gasteiger partial charge in [-0.3, -0.25) is 14.5 Å². The number of nitrogens with zero attached hydrogens (tertiary/aromatic N) is 1. The molecule has 1 atom stereocenters. The summed E-state index contributed by atoms with van der Waals surface area (Å²) in [5, 5.41) is 10.7. The van der Waals surface area contributed by atoms with Crippen molar-refractivity contribution in [3.8, 4) is 5.75 Å². The van der Waals surface area contributed by atoms with Crippen molar-refractivity contribution in [1.29, 1.82) is 0 Å². The maximum Gasteiger partial charge on any atom is 0.323 e. The van der Waals surface area contributed by atoms with Crippen molar-refractivity contribution >= 4 is 44.3 Å². The molecule has 1 unspecified atom stereocenters. The van der Waals surface area contributed by atoms with Crippen LogP contribution in [0, 0.1) is 0 Å². The van der Waals surface area contributed by atoms with Crippen molar-refractivity contribution in [1.82, 2.24) is 4.90 Å². The second-order valence-electron chi connectivity index (χ2n) is 4.10. The smallest absolute Gasteiger partial charge is 0.323 e. The van der Waals surface area contributed by atoms with Crippen LogP contribution < -0.4 is 4.74 Å². The molecule has 1 saturated heterocycles. The highest BCUT2D eigenvalue weighted by atomic mass is 32.2. The minimum atomic E-state index is -1.06. The van der Waals surface area contributed by atoms with E-state index >= 15 is 0 Å². The summed E-state index contributed by atoms with van der Waals surface area (Å²) in [5.41, 5.74) is 0.932. The van der Waals surface area contributed by atoms with E-state index in [4.69, 9.17) is 22.1 Å². The first kappa shape index (κ1) is 14.7. The number of benzene rings is 1. The maximum atomic E-state index is 11.8. The Balaban J connectivity index is 2.20. The fraction of sp³-hybridized carbons (Fsp3) is 0.231. The molecule has 0 saturated carbocycles.